The molecule has 0 aromatic heterocycles. The van der Waals surface area contributed by atoms with Gasteiger partial charge in [0.25, 0.3) is 0 Å². The maximum Gasteiger partial charge on any atom is 0.0638 e. The normalized spacial score (nSPS) is 38.8. The quantitative estimate of drug-likeness (QED) is 0.510. The number of nitrogens with one attached hydrogen (secondary N) is 1. The lowest BCUT2D eigenvalue weighted by atomic mass is 10.1. The molecule has 0 saturated carbocycles. The van der Waals surface area contributed by atoms with E-state index in [0.717, 1.165) is 39.4 Å². The van der Waals surface area contributed by atoms with Gasteiger partial charge >= 0.3 is 0 Å². The van der Waals surface area contributed by atoms with Crippen LogP contribution in [0.2, 0.25) is 0 Å². The number of rotatable bonds is 1. The molecule has 0 aromatic carbocycles. The van der Waals surface area contributed by atoms with E-state index in [1.807, 2.05) is 0 Å². The van der Waals surface area contributed by atoms with Gasteiger partial charge in [-0.15, -0.1) is 0 Å². The Bertz CT molecular complexity index is 147. The first-order valence-corrected chi connectivity index (χ1v) is 4.66. The highest BCUT2D eigenvalue weighted by Crippen LogP contribution is 2.11. The third-order valence-corrected chi connectivity index (χ3v) is 2.71. The van der Waals surface area contributed by atoms with E-state index in [2.05, 4.69) is 10.2 Å². The highest BCUT2D eigenvalue weighted by atomic mass is 16.5. The smallest absolute Gasteiger partial charge is 0.0638 e. The van der Waals surface area contributed by atoms with Crippen LogP contribution in [0.15, 0.2) is 0 Å². The average Bonchev–Trinajstić information content (AvgIpc) is 2.53. The SMILES string of the molecule is N[C@@H]1COC[C@H]1N1CCNCC1. The van der Waals surface area contributed by atoms with Crippen LogP contribution in [-0.4, -0.2) is 56.4 Å². The van der Waals surface area contributed by atoms with Gasteiger partial charge in [-0.05, 0) is 0 Å². The van der Waals surface area contributed by atoms with Crippen LogP contribution in [0.1, 0.15) is 0 Å². The van der Waals surface area contributed by atoms with Gasteiger partial charge in [-0.25, -0.2) is 0 Å². The van der Waals surface area contributed by atoms with Gasteiger partial charge in [0, 0.05) is 32.2 Å². The predicted molar refractivity (Wildman–Crippen MR) is 47.0 cm³/mol. The van der Waals surface area contributed by atoms with Crippen molar-refractivity contribution < 1.29 is 4.74 Å². The van der Waals surface area contributed by atoms with Gasteiger partial charge in [0.2, 0.25) is 0 Å². The third kappa shape index (κ3) is 1.61. The molecule has 0 unspecified atom stereocenters. The molecular formula is C8H17N3O. The lowest BCUT2D eigenvalue weighted by Gasteiger charge is -2.33. The molecule has 2 fully saturated rings. The first kappa shape index (κ1) is 8.44. The maximum absolute atomic E-state index is 5.92. The summed E-state index contributed by atoms with van der Waals surface area (Å²) in [5.74, 6) is 0. The van der Waals surface area contributed by atoms with Gasteiger partial charge in [0.1, 0.15) is 0 Å². The van der Waals surface area contributed by atoms with Crippen LogP contribution in [0.5, 0.6) is 0 Å². The summed E-state index contributed by atoms with van der Waals surface area (Å²) in [6.45, 7) is 5.95. The molecule has 0 aromatic rings. The topological polar surface area (TPSA) is 50.5 Å². The summed E-state index contributed by atoms with van der Waals surface area (Å²) < 4.78 is 5.34. The standard InChI is InChI=1S/C8H17N3O/c9-7-5-12-6-8(7)11-3-1-10-2-4-11/h7-8,10H,1-6,9H2/t7-,8-/m1/s1. The number of hydrogen-bond acceptors (Lipinski definition) is 4. The number of piperazine rings is 1. The Morgan fingerprint density at radius 1 is 1.25 bits per heavy atom. The molecule has 2 saturated heterocycles. The van der Waals surface area contributed by atoms with Crippen molar-refractivity contribution in [2.24, 2.45) is 5.73 Å². The minimum Gasteiger partial charge on any atom is -0.378 e. The molecule has 0 bridgehead atoms. The molecule has 2 heterocycles. The van der Waals surface area contributed by atoms with Crippen LogP contribution in [0.25, 0.3) is 0 Å². The molecule has 2 atom stereocenters. The highest BCUT2D eigenvalue weighted by molar-refractivity contribution is 4.88. The Morgan fingerprint density at radius 3 is 2.58 bits per heavy atom. The van der Waals surface area contributed by atoms with Gasteiger partial charge in [-0.3, -0.25) is 4.90 Å². The van der Waals surface area contributed by atoms with Gasteiger partial charge in [0.15, 0.2) is 0 Å². The number of hydrogen-bond donors (Lipinski definition) is 2. The Labute approximate surface area is 73.0 Å². The average molecular weight is 171 g/mol. The van der Waals surface area contributed by atoms with Crippen LogP contribution in [-0.2, 0) is 4.74 Å². The van der Waals surface area contributed by atoms with Crippen molar-refractivity contribution in [3.05, 3.63) is 0 Å². The van der Waals surface area contributed by atoms with Crippen molar-refractivity contribution in [2.45, 2.75) is 12.1 Å². The van der Waals surface area contributed by atoms with Crippen molar-refractivity contribution in [1.29, 1.82) is 0 Å². The van der Waals surface area contributed by atoms with Crippen LogP contribution in [0.3, 0.4) is 0 Å². The molecule has 12 heavy (non-hydrogen) atoms. The van der Waals surface area contributed by atoms with Gasteiger partial charge in [0.05, 0.1) is 19.3 Å². The number of nitrogens with zero attached hydrogens (tertiary/aromatic N) is 1. The van der Waals surface area contributed by atoms with Crippen molar-refractivity contribution in [3.8, 4) is 0 Å². The second kappa shape index (κ2) is 3.70. The van der Waals surface area contributed by atoms with Crippen LogP contribution >= 0.6 is 0 Å². The van der Waals surface area contributed by atoms with Crippen molar-refractivity contribution in [1.82, 2.24) is 10.2 Å². The van der Waals surface area contributed by atoms with E-state index in [0.29, 0.717) is 6.04 Å². The highest BCUT2D eigenvalue weighted by Gasteiger charge is 2.30. The fourth-order valence-electron chi connectivity index (χ4n) is 1.95. The fraction of sp³-hybridized carbons (Fsp3) is 1.00. The van der Waals surface area contributed by atoms with E-state index in [-0.39, 0.29) is 6.04 Å². The van der Waals surface area contributed by atoms with E-state index in [9.17, 15) is 0 Å². The van der Waals surface area contributed by atoms with E-state index >= 15 is 0 Å². The van der Waals surface area contributed by atoms with E-state index in [4.69, 9.17) is 10.5 Å². The molecule has 2 aliphatic rings. The lowest BCUT2D eigenvalue weighted by molar-refractivity contribution is 0.132. The summed E-state index contributed by atoms with van der Waals surface area (Å²) in [6.07, 6.45) is 0. The summed E-state index contributed by atoms with van der Waals surface area (Å²) in [4.78, 5) is 2.44. The summed E-state index contributed by atoms with van der Waals surface area (Å²) in [6, 6.07) is 0.690. The van der Waals surface area contributed by atoms with Gasteiger partial charge in [-0.1, -0.05) is 0 Å². The molecule has 4 heteroatoms. The van der Waals surface area contributed by atoms with Crippen molar-refractivity contribution >= 4 is 0 Å². The predicted octanol–water partition coefficient (Wildman–Crippen LogP) is -1.38. The molecule has 3 N–H and O–H groups in total. The monoisotopic (exact) mass is 171 g/mol. The molecule has 0 radical (unpaired) electrons. The maximum atomic E-state index is 5.92. The Kier molecular flexibility index (Phi) is 2.60. The first-order valence-electron chi connectivity index (χ1n) is 4.66. The molecule has 70 valence electrons. The zero-order chi connectivity index (χ0) is 8.39. The van der Waals surface area contributed by atoms with Gasteiger partial charge < -0.3 is 15.8 Å². The number of ether oxygens (including phenoxy) is 1. The Balaban J connectivity index is 1.89. The third-order valence-electron chi connectivity index (χ3n) is 2.71. The minimum atomic E-state index is 0.225. The van der Waals surface area contributed by atoms with Crippen molar-refractivity contribution in [2.75, 3.05) is 39.4 Å². The lowest BCUT2D eigenvalue weighted by Crippen LogP contribution is -2.54. The fourth-order valence-corrected chi connectivity index (χ4v) is 1.95. The summed E-state index contributed by atoms with van der Waals surface area (Å²) in [5.41, 5.74) is 5.92. The second-order valence-electron chi connectivity index (χ2n) is 3.55. The molecule has 2 aliphatic heterocycles. The molecule has 0 spiro atoms. The zero-order valence-electron chi connectivity index (χ0n) is 7.33. The Morgan fingerprint density at radius 2 is 2.00 bits per heavy atom. The Hall–Kier alpha value is -0.160. The van der Waals surface area contributed by atoms with Crippen LogP contribution in [0.4, 0.5) is 0 Å². The molecule has 0 amide bonds. The summed E-state index contributed by atoms with van der Waals surface area (Å²) >= 11 is 0. The molecular weight excluding hydrogens is 154 g/mol. The minimum absolute atomic E-state index is 0.225. The second-order valence-corrected chi connectivity index (χ2v) is 3.55. The van der Waals surface area contributed by atoms with E-state index < -0.39 is 0 Å². The first-order chi connectivity index (χ1) is 5.88. The number of nitrogens with two attached hydrogens (primary N) is 1. The van der Waals surface area contributed by atoms with E-state index in [1.165, 1.54) is 0 Å². The molecule has 2 rings (SSSR count). The van der Waals surface area contributed by atoms with Gasteiger partial charge in [-0.2, -0.15) is 0 Å². The molecule has 0 aliphatic carbocycles. The summed E-state index contributed by atoms with van der Waals surface area (Å²) in [7, 11) is 0. The zero-order valence-corrected chi connectivity index (χ0v) is 7.33. The largest absolute Gasteiger partial charge is 0.378 e. The van der Waals surface area contributed by atoms with Crippen LogP contribution in [0, 0.1) is 0 Å². The molecule has 4 nitrogen and oxygen atoms in total. The summed E-state index contributed by atoms with van der Waals surface area (Å²) in [5, 5.41) is 3.33. The van der Waals surface area contributed by atoms with Crippen LogP contribution < -0.4 is 11.1 Å². The van der Waals surface area contributed by atoms with E-state index in [1.54, 1.807) is 0 Å². The van der Waals surface area contributed by atoms with Crippen molar-refractivity contribution in [3.63, 3.8) is 0 Å².